The molecule has 4 aliphatic rings. The van der Waals surface area contributed by atoms with Gasteiger partial charge in [-0.15, -0.1) is 0 Å². The van der Waals surface area contributed by atoms with Crippen molar-refractivity contribution in [3.63, 3.8) is 0 Å². The van der Waals surface area contributed by atoms with Crippen molar-refractivity contribution in [1.82, 2.24) is 14.9 Å². The predicted molar refractivity (Wildman–Crippen MR) is 151 cm³/mol. The van der Waals surface area contributed by atoms with Gasteiger partial charge in [-0.05, 0) is 37.0 Å². The number of nitrogens with zero attached hydrogens (tertiary/aromatic N) is 5. The number of morpholine rings is 1. The molecule has 4 fully saturated rings. The third-order valence-corrected chi connectivity index (χ3v) is 8.66. The molecule has 1 N–H and O–H groups in total. The fraction of sp³-hybridized carbons (Fsp3) is 0.467. The second-order valence-electron chi connectivity index (χ2n) is 10.9. The third kappa shape index (κ3) is 4.90. The minimum Gasteiger partial charge on any atom is -0.494 e. The Morgan fingerprint density at radius 2 is 1.85 bits per heavy atom. The molecular formula is C30H36N6O3. The summed E-state index contributed by atoms with van der Waals surface area (Å²) in [7, 11) is 1.72. The van der Waals surface area contributed by atoms with Gasteiger partial charge in [0.15, 0.2) is 5.82 Å². The Hall–Kier alpha value is -3.40. The second-order valence-corrected chi connectivity index (χ2v) is 10.9. The molecule has 5 heterocycles. The summed E-state index contributed by atoms with van der Waals surface area (Å²) in [5.41, 5.74) is 3.28. The van der Waals surface area contributed by atoms with Gasteiger partial charge >= 0.3 is 0 Å². The second kappa shape index (κ2) is 10.6. The Bertz CT molecular complexity index is 1280. The van der Waals surface area contributed by atoms with E-state index in [-0.39, 0.29) is 6.04 Å². The van der Waals surface area contributed by atoms with Crippen LogP contribution in [0, 0.1) is 0 Å². The fourth-order valence-electron chi connectivity index (χ4n) is 6.66. The number of hydrogen-bond donors (Lipinski definition) is 1. The predicted octanol–water partition coefficient (Wildman–Crippen LogP) is 4.55. The Morgan fingerprint density at radius 1 is 0.974 bits per heavy atom. The molecule has 2 aromatic carbocycles. The number of likely N-dealkylation sites (tertiary alicyclic amines) is 1. The summed E-state index contributed by atoms with van der Waals surface area (Å²) in [5, 5.41) is 5.33. The molecule has 0 saturated carbocycles. The number of nitrogens with one attached hydrogen (secondary N) is 1. The first-order chi connectivity index (χ1) is 19.2. The van der Waals surface area contributed by atoms with Crippen LogP contribution < -0.4 is 20.0 Å². The lowest BCUT2D eigenvalue weighted by Crippen LogP contribution is -2.49. The quantitative estimate of drug-likeness (QED) is 0.475. The van der Waals surface area contributed by atoms with Gasteiger partial charge in [0.25, 0.3) is 0 Å². The molecule has 0 unspecified atom stereocenters. The van der Waals surface area contributed by atoms with Crippen molar-refractivity contribution < 1.29 is 14.3 Å². The molecule has 4 saturated heterocycles. The van der Waals surface area contributed by atoms with Gasteiger partial charge in [-0.2, -0.15) is 0 Å². The maximum atomic E-state index is 5.97. The number of hydrogen-bond acceptors (Lipinski definition) is 9. The summed E-state index contributed by atoms with van der Waals surface area (Å²) in [6, 6.07) is 20.2. The van der Waals surface area contributed by atoms with Crippen LogP contribution in [-0.2, 0) is 9.57 Å². The number of methoxy groups -OCH3 is 1. The number of benzene rings is 2. The number of hydroxylamine groups is 1. The molecule has 4 aliphatic heterocycles. The van der Waals surface area contributed by atoms with Gasteiger partial charge in [-0.25, -0.2) is 15.0 Å². The molecule has 0 radical (unpaired) electrons. The fourth-order valence-corrected chi connectivity index (χ4v) is 6.66. The lowest BCUT2D eigenvalue weighted by Gasteiger charge is -2.41. The Labute approximate surface area is 229 Å². The highest BCUT2D eigenvalue weighted by Crippen LogP contribution is 2.37. The summed E-state index contributed by atoms with van der Waals surface area (Å²) in [5.74, 6) is 2.22. The average Bonchev–Trinajstić information content (AvgIpc) is 3.76. The Morgan fingerprint density at radius 3 is 2.62 bits per heavy atom. The molecule has 9 heteroatoms. The molecule has 204 valence electrons. The Kier molecular flexibility index (Phi) is 6.72. The Balaban J connectivity index is 1.03. The van der Waals surface area contributed by atoms with E-state index in [9.17, 15) is 0 Å². The maximum Gasteiger partial charge on any atom is 0.158 e. The van der Waals surface area contributed by atoms with Crippen molar-refractivity contribution in [2.75, 3.05) is 55.2 Å². The van der Waals surface area contributed by atoms with Crippen molar-refractivity contribution in [2.24, 2.45) is 0 Å². The highest BCUT2D eigenvalue weighted by molar-refractivity contribution is 5.70. The zero-order valence-corrected chi connectivity index (χ0v) is 22.4. The van der Waals surface area contributed by atoms with Gasteiger partial charge in [0.2, 0.25) is 0 Å². The van der Waals surface area contributed by atoms with E-state index in [0.29, 0.717) is 30.6 Å². The molecular weight excluding hydrogens is 492 g/mol. The van der Waals surface area contributed by atoms with Gasteiger partial charge in [0.05, 0.1) is 38.2 Å². The van der Waals surface area contributed by atoms with E-state index in [2.05, 4.69) is 67.5 Å². The lowest BCUT2D eigenvalue weighted by molar-refractivity contribution is 0.00661. The first-order valence-corrected chi connectivity index (χ1v) is 14.1. The van der Waals surface area contributed by atoms with Gasteiger partial charge in [-0.1, -0.05) is 30.3 Å². The van der Waals surface area contributed by atoms with Crippen molar-refractivity contribution >= 4 is 23.0 Å². The largest absolute Gasteiger partial charge is 0.494 e. The minimum absolute atomic E-state index is 0.126. The molecule has 9 nitrogen and oxygen atoms in total. The number of anilines is 4. The highest BCUT2D eigenvalue weighted by atomic mass is 16.7. The molecule has 39 heavy (non-hydrogen) atoms. The van der Waals surface area contributed by atoms with E-state index >= 15 is 0 Å². The van der Waals surface area contributed by atoms with Crippen LogP contribution in [0.15, 0.2) is 60.9 Å². The smallest absolute Gasteiger partial charge is 0.158 e. The molecule has 0 amide bonds. The summed E-state index contributed by atoms with van der Waals surface area (Å²) in [6.45, 7) is 4.81. The molecule has 0 spiro atoms. The molecule has 2 bridgehead atoms. The lowest BCUT2D eigenvalue weighted by atomic mass is 10.0. The van der Waals surface area contributed by atoms with E-state index in [1.807, 2.05) is 17.2 Å². The number of aromatic nitrogens is 2. The summed E-state index contributed by atoms with van der Waals surface area (Å²) < 4.78 is 11.6. The van der Waals surface area contributed by atoms with Gasteiger partial charge in [0, 0.05) is 56.0 Å². The number of ether oxygens (including phenoxy) is 2. The summed E-state index contributed by atoms with van der Waals surface area (Å²) in [4.78, 5) is 20.1. The molecule has 0 aliphatic carbocycles. The van der Waals surface area contributed by atoms with Crippen LogP contribution in [0.4, 0.5) is 23.0 Å². The summed E-state index contributed by atoms with van der Waals surface area (Å²) >= 11 is 0. The molecule has 3 atom stereocenters. The van der Waals surface area contributed by atoms with E-state index in [4.69, 9.17) is 14.3 Å². The number of piperidine rings is 1. The van der Waals surface area contributed by atoms with E-state index in [0.717, 1.165) is 49.9 Å². The minimum atomic E-state index is 0.126. The zero-order valence-electron chi connectivity index (χ0n) is 22.4. The van der Waals surface area contributed by atoms with Crippen LogP contribution in [0.2, 0.25) is 0 Å². The van der Waals surface area contributed by atoms with Crippen molar-refractivity contribution in [3.05, 3.63) is 66.5 Å². The molecule has 3 aromatic rings. The van der Waals surface area contributed by atoms with Crippen molar-refractivity contribution in [3.8, 4) is 5.75 Å². The third-order valence-electron chi connectivity index (χ3n) is 8.66. The first-order valence-electron chi connectivity index (χ1n) is 14.1. The van der Waals surface area contributed by atoms with Crippen LogP contribution in [-0.4, -0.2) is 73.0 Å². The average molecular weight is 529 g/mol. The monoisotopic (exact) mass is 528 g/mol. The van der Waals surface area contributed by atoms with E-state index < -0.39 is 0 Å². The topological polar surface area (TPSA) is 75.2 Å². The standard InChI is InChI=1S/C30H36N6O3/c1-37-28-16-23(34-12-9-22(10-13-34)35-18-25-15-24(35)19-38-25)7-8-26(28)33-29-17-30(32-20-31-29)36-27(11-14-39-36)21-5-3-2-4-6-21/h2-8,16-17,20,22,24-25,27H,9-15,18-19H2,1H3,(H,31,32,33)/t24-,25-,27-/m1/s1. The van der Waals surface area contributed by atoms with Crippen molar-refractivity contribution in [1.29, 1.82) is 0 Å². The molecule has 7 rings (SSSR count). The van der Waals surface area contributed by atoms with Crippen LogP contribution in [0.5, 0.6) is 5.75 Å². The maximum absolute atomic E-state index is 5.97. The van der Waals surface area contributed by atoms with Crippen LogP contribution in [0.25, 0.3) is 0 Å². The highest BCUT2D eigenvalue weighted by Gasteiger charge is 2.42. The number of rotatable bonds is 7. The normalized spacial score (nSPS) is 25.4. The molecule has 1 aromatic heterocycles. The number of fused-ring (bicyclic) bond motifs is 2. The van der Waals surface area contributed by atoms with Crippen molar-refractivity contribution in [2.45, 2.75) is 49.9 Å². The van der Waals surface area contributed by atoms with Crippen LogP contribution in [0.3, 0.4) is 0 Å². The van der Waals surface area contributed by atoms with E-state index in [1.54, 1.807) is 13.4 Å². The van der Waals surface area contributed by atoms with Gasteiger partial charge in [-0.3, -0.25) is 9.74 Å². The van der Waals surface area contributed by atoms with Gasteiger partial charge in [0.1, 0.15) is 17.9 Å². The van der Waals surface area contributed by atoms with Gasteiger partial charge < -0.3 is 19.7 Å². The van der Waals surface area contributed by atoms with Crippen LogP contribution in [0.1, 0.15) is 37.3 Å². The SMILES string of the molecule is COc1cc(N2CCC(N3C[C@H]4C[C@@H]3CO4)CC2)ccc1Nc1cc(N2OCC[C@@H]2c2ccccc2)ncn1. The zero-order chi connectivity index (χ0) is 26.2. The van der Waals surface area contributed by atoms with E-state index in [1.165, 1.54) is 30.5 Å². The summed E-state index contributed by atoms with van der Waals surface area (Å²) in [6.07, 6.45) is 6.56. The van der Waals surface area contributed by atoms with Crippen LogP contribution >= 0.6 is 0 Å². The first kappa shape index (κ1) is 24.6.